The molecule has 0 saturated heterocycles. The minimum Gasteiger partial charge on any atom is -0.284 e. The minimum atomic E-state index is -4.48. The van der Waals surface area contributed by atoms with Gasteiger partial charge in [0.25, 0.3) is 10.1 Å². The van der Waals surface area contributed by atoms with Crippen molar-refractivity contribution in [2.45, 2.75) is 24.5 Å². The molecule has 0 amide bonds. The second-order valence-corrected chi connectivity index (χ2v) is 6.93. The van der Waals surface area contributed by atoms with Crippen molar-refractivity contribution in [2.24, 2.45) is 0 Å². The molecule has 0 spiro atoms. The Morgan fingerprint density at radius 1 is 0.875 bits per heavy atom. The molecule has 2 aromatic carbocycles. The average molecular weight is 338 g/mol. The molecule has 0 heterocycles. The Bertz CT molecular complexity index is 836. The minimum absolute atomic E-state index is 0.130. The number of hydrogen-bond acceptors (Lipinski definition) is 2. The summed E-state index contributed by atoms with van der Waals surface area (Å²) >= 11 is 0. The molecule has 2 aromatic rings. The lowest BCUT2D eigenvalue weighted by Gasteiger charge is -2.18. The second-order valence-electron chi connectivity index (χ2n) is 5.28. The van der Waals surface area contributed by atoms with Gasteiger partial charge in [0.15, 0.2) is 0 Å². The first-order valence-corrected chi connectivity index (χ1v) is 9.04. The molecule has 0 radical (unpaired) electrons. The lowest BCUT2D eigenvalue weighted by atomic mass is 10.0. The average Bonchev–Trinajstić information content (AvgIpc) is 2.58. The van der Waals surface area contributed by atoms with Crippen LogP contribution in [0.1, 0.15) is 30.9 Å². The second kappa shape index (κ2) is 7.84. The van der Waals surface area contributed by atoms with E-state index in [1.165, 1.54) is 0 Å². The van der Waals surface area contributed by atoms with E-state index in [9.17, 15) is 13.0 Å². The van der Waals surface area contributed by atoms with E-state index in [0.29, 0.717) is 17.5 Å². The summed E-state index contributed by atoms with van der Waals surface area (Å²) in [5, 5.41) is 0. The summed E-state index contributed by atoms with van der Waals surface area (Å²) in [6, 6.07) is 18.1. The van der Waals surface area contributed by atoms with E-state index in [4.69, 9.17) is 0 Å². The Balaban J connectivity index is 2.54. The largest absolute Gasteiger partial charge is 0.293 e. The third kappa shape index (κ3) is 4.49. The Labute approximate surface area is 143 Å². The van der Waals surface area contributed by atoms with E-state index in [1.54, 1.807) is 24.3 Å². The van der Waals surface area contributed by atoms with Gasteiger partial charge in [-0.3, -0.25) is 4.55 Å². The molecule has 0 unspecified atom stereocenters. The zero-order valence-electron chi connectivity index (χ0n) is 13.4. The topological polar surface area (TPSA) is 54.4 Å². The molecular weight excluding hydrogens is 320 g/mol. The smallest absolute Gasteiger partial charge is 0.284 e. The van der Waals surface area contributed by atoms with Crippen molar-refractivity contribution < 1.29 is 13.0 Å². The van der Waals surface area contributed by atoms with Gasteiger partial charge < -0.3 is 0 Å². The molecule has 0 aliphatic heterocycles. The summed E-state index contributed by atoms with van der Waals surface area (Å²) in [5.41, 5.74) is 1.34. The van der Waals surface area contributed by atoms with Gasteiger partial charge in [0.2, 0.25) is 4.75 Å². The molecule has 0 aromatic heterocycles. The van der Waals surface area contributed by atoms with Gasteiger partial charge in [-0.2, -0.15) is 8.42 Å². The maximum atomic E-state index is 12.0. The van der Waals surface area contributed by atoms with Crippen LogP contribution in [0, 0.1) is 23.7 Å². The Morgan fingerprint density at radius 3 is 1.62 bits per heavy atom. The monoisotopic (exact) mass is 338 g/mol. The van der Waals surface area contributed by atoms with Crippen molar-refractivity contribution >= 4 is 10.1 Å². The summed E-state index contributed by atoms with van der Waals surface area (Å²) in [5.74, 6) is 11.0. The maximum Gasteiger partial charge on any atom is 0.293 e. The van der Waals surface area contributed by atoms with Gasteiger partial charge in [0.1, 0.15) is 0 Å². The van der Waals surface area contributed by atoms with Crippen LogP contribution in [0.5, 0.6) is 0 Å². The zero-order chi connectivity index (χ0) is 17.5. The highest BCUT2D eigenvalue weighted by Crippen LogP contribution is 2.22. The van der Waals surface area contributed by atoms with Crippen LogP contribution in [0.3, 0.4) is 0 Å². The van der Waals surface area contributed by atoms with Crippen molar-refractivity contribution in [2.75, 3.05) is 0 Å². The van der Waals surface area contributed by atoms with Crippen molar-refractivity contribution in [3.05, 3.63) is 71.8 Å². The normalized spacial score (nSPS) is 10.9. The standard InChI is InChI=1S/C20H18O3S/c1-2-15-20(24(21,22)23,16-13-18-9-5-3-6-10-18)17-14-19-11-7-4-8-12-19/h3-12H,2,15H2,1H3,(H,21,22,23). The van der Waals surface area contributed by atoms with Crippen molar-refractivity contribution in [1.82, 2.24) is 0 Å². The van der Waals surface area contributed by atoms with Crippen LogP contribution >= 0.6 is 0 Å². The molecule has 0 fully saturated rings. The fraction of sp³-hybridized carbons (Fsp3) is 0.200. The molecule has 0 saturated carbocycles. The van der Waals surface area contributed by atoms with Gasteiger partial charge in [-0.15, -0.1) is 0 Å². The Kier molecular flexibility index (Phi) is 5.82. The van der Waals surface area contributed by atoms with E-state index < -0.39 is 14.9 Å². The predicted octanol–water partition coefficient (Wildman–Crippen LogP) is 3.52. The van der Waals surface area contributed by atoms with Crippen LogP contribution in [0.4, 0.5) is 0 Å². The van der Waals surface area contributed by atoms with Crippen LogP contribution in [-0.4, -0.2) is 17.7 Å². The van der Waals surface area contributed by atoms with Gasteiger partial charge in [-0.05, 0) is 30.7 Å². The van der Waals surface area contributed by atoms with Crippen LogP contribution in [-0.2, 0) is 10.1 Å². The van der Waals surface area contributed by atoms with E-state index >= 15 is 0 Å². The van der Waals surface area contributed by atoms with Gasteiger partial charge in [-0.25, -0.2) is 0 Å². The fourth-order valence-electron chi connectivity index (χ4n) is 2.16. The summed E-state index contributed by atoms with van der Waals surface area (Å²) in [7, 11) is -4.48. The highest BCUT2D eigenvalue weighted by molar-refractivity contribution is 7.87. The van der Waals surface area contributed by atoms with Gasteiger partial charge in [0.05, 0.1) is 0 Å². The molecule has 0 aliphatic rings. The lowest BCUT2D eigenvalue weighted by molar-refractivity contribution is 0.460. The SMILES string of the molecule is CCCC(C#Cc1ccccc1)(C#Cc1ccccc1)S(=O)(=O)O. The van der Waals surface area contributed by atoms with Crippen LogP contribution < -0.4 is 0 Å². The summed E-state index contributed by atoms with van der Waals surface area (Å²) in [4.78, 5) is 0. The number of hydrogen-bond donors (Lipinski definition) is 1. The Hall–Kier alpha value is -2.53. The fourth-order valence-corrected chi connectivity index (χ4v) is 2.98. The molecular formula is C20H18O3S. The van der Waals surface area contributed by atoms with E-state index in [1.807, 2.05) is 43.3 Å². The summed E-state index contributed by atoms with van der Waals surface area (Å²) < 4.78 is 32.1. The predicted molar refractivity (Wildman–Crippen MR) is 95.8 cm³/mol. The molecule has 0 aliphatic carbocycles. The molecule has 1 N–H and O–H groups in total. The van der Waals surface area contributed by atoms with Crippen LogP contribution in [0.15, 0.2) is 60.7 Å². The van der Waals surface area contributed by atoms with E-state index in [-0.39, 0.29) is 6.42 Å². The first-order chi connectivity index (χ1) is 11.5. The van der Waals surface area contributed by atoms with E-state index in [0.717, 1.165) is 0 Å². The van der Waals surface area contributed by atoms with Gasteiger partial charge >= 0.3 is 0 Å². The van der Waals surface area contributed by atoms with Crippen LogP contribution in [0.25, 0.3) is 0 Å². The molecule has 24 heavy (non-hydrogen) atoms. The molecule has 0 bridgehead atoms. The molecule has 3 nitrogen and oxygen atoms in total. The molecule has 4 heteroatoms. The summed E-state index contributed by atoms with van der Waals surface area (Å²) in [6.07, 6.45) is 0.651. The molecule has 2 rings (SSSR count). The van der Waals surface area contributed by atoms with Crippen molar-refractivity contribution in [1.29, 1.82) is 0 Å². The van der Waals surface area contributed by atoms with Crippen molar-refractivity contribution in [3.8, 4) is 23.7 Å². The molecule has 122 valence electrons. The van der Waals surface area contributed by atoms with E-state index in [2.05, 4.69) is 23.7 Å². The Morgan fingerprint density at radius 2 is 1.29 bits per heavy atom. The van der Waals surface area contributed by atoms with Crippen LogP contribution in [0.2, 0.25) is 0 Å². The highest BCUT2D eigenvalue weighted by Gasteiger charge is 2.39. The summed E-state index contributed by atoms with van der Waals surface area (Å²) in [6.45, 7) is 1.83. The zero-order valence-corrected chi connectivity index (χ0v) is 14.2. The lowest BCUT2D eigenvalue weighted by Crippen LogP contribution is -2.35. The number of benzene rings is 2. The quantitative estimate of drug-likeness (QED) is 0.688. The third-order valence-electron chi connectivity index (χ3n) is 3.41. The van der Waals surface area contributed by atoms with Crippen molar-refractivity contribution in [3.63, 3.8) is 0 Å². The highest BCUT2D eigenvalue weighted by atomic mass is 32.2. The first-order valence-electron chi connectivity index (χ1n) is 7.60. The van der Waals surface area contributed by atoms with Gasteiger partial charge in [-0.1, -0.05) is 73.4 Å². The molecule has 0 atom stereocenters. The number of rotatable bonds is 3. The maximum absolute atomic E-state index is 12.0. The first kappa shape index (κ1) is 17.8. The van der Waals surface area contributed by atoms with Gasteiger partial charge in [0, 0.05) is 11.1 Å². The third-order valence-corrected chi connectivity index (χ3v) is 4.70.